The molecule has 0 saturated heterocycles. The molecule has 0 spiro atoms. The molecule has 0 radical (unpaired) electrons. The van der Waals surface area contributed by atoms with Crippen LogP contribution in [0.3, 0.4) is 0 Å². The van der Waals surface area contributed by atoms with E-state index in [1.807, 2.05) is 0 Å². The molecule has 0 saturated carbocycles. The zero-order chi connectivity index (χ0) is 16.1. The molecular formula is C14H11N3O5. The molecular weight excluding hydrogens is 290 g/mol. The number of para-hydroxylation sites is 1. The van der Waals surface area contributed by atoms with Crippen LogP contribution in [0.4, 0.5) is 5.69 Å². The first-order valence-electron chi connectivity index (χ1n) is 6.08. The molecule has 2 rings (SSSR count). The Morgan fingerprint density at radius 3 is 2.64 bits per heavy atom. The fourth-order valence-electron chi connectivity index (χ4n) is 1.70. The molecule has 8 nitrogen and oxygen atoms in total. The first-order chi connectivity index (χ1) is 10.5. The molecule has 0 heterocycles. The van der Waals surface area contributed by atoms with Gasteiger partial charge in [0.2, 0.25) is 0 Å². The highest BCUT2D eigenvalue weighted by atomic mass is 16.6. The van der Waals surface area contributed by atoms with Crippen molar-refractivity contribution in [1.29, 1.82) is 0 Å². The number of nitro benzene ring substituents is 1. The number of rotatable bonds is 4. The number of hydrogen-bond acceptors (Lipinski definition) is 6. The van der Waals surface area contributed by atoms with E-state index in [1.54, 1.807) is 6.07 Å². The summed E-state index contributed by atoms with van der Waals surface area (Å²) in [5.41, 5.74) is 2.13. The molecule has 0 unspecified atom stereocenters. The Kier molecular flexibility index (Phi) is 4.33. The maximum atomic E-state index is 11.8. The van der Waals surface area contributed by atoms with Crippen molar-refractivity contribution in [2.45, 2.75) is 0 Å². The summed E-state index contributed by atoms with van der Waals surface area (Å²) in [6.45, 7) is 0. The first kappa shape index (κ1) is 15.0. The fraction of sp³-hybridized carbons (Fsp3) is 0. The smallest absolute Gasteiger partial charge is 0.278 e. The Morgan fingerprint density at radius 1 is 1.23 bits per heavy atom. The number of hydrazone groups is 1. The highest BCUT2D eigenvalue weighted by Gasteiger charge is 2.12. The van der Waals surface area contributed by atoms with E-state index in [1.165, 1.54) is 30.3 Å². The summed E-state index contributed by atoms with van der Waals surface area (Å²) in [4.78, 5) is 22.0. The summed E-state index contributed by atoms with van der Waals surface area (Å²) in [6, 6.07) is 9.38. The minimum Gasteiger partial charge on any atom is -0.508 e. The Bertz CT molecular complexity index is 758. The van der Waals surface area contributed by atoms with Gasteiger partial charge in [0.15, 0.2) is 0 Å². The predicted octanol–water partition coefficient (Wildman–Crippen LogP) is 1.77. The molecule has 0 fully saturated rings. The summed E-state index contributed by atoms with van der Waals surface area (Å²) in [5.74, 6) is -1.30. The van der Waals surface area contributed by atoms with Crippen LogP contribution >= 0.6 is 0 Å². The van der Waals surface area contributed by atoms with Crippen molar-refractivity contribution in [2.75, 3.05) is 0 Å². The van der Waals surface area contributed by atoms with Gasteiger partial charge in [0.25, 0.3) is 11.6 Å². The van der Waals surface area contributed by atoms with Gasteiger partial charge in [0.1, 0.15) is 11.5 Å². The van der Waals surface area contributed by atoms with Crippen LogP contribution in [0, 0.1) is 10.1 Å². The van der Waals surface area contributed by atoms with E-state index in [2.05, 4.69) is 10.5 Å². The Hall–Kier alpha value is -3.42. The van der Waals surface area contributed by atoms with Gasteiger partial charge in [-0.2, -0.15) is 5.10 Å². The summed E-state index contributed by atoms with van der Waals surface area (Å²) in [6.07, 6.45) is 1.13. The van der Waals surface area contributed by atoms with Crippen LogP contribution in [0.25, 0.3) is 0 Å². The zero-order valence-electron chi connectivity index (χ0n) is 11.1. The lowest BCUT2D eigenvalue weighted by Crippen LogP contribution is -2.17. The number of carbonyl (C=O) groups is 1. The van der Waals surface area contributed by atoms with Gasteiger partial charge < -0.3 is 10.2 Å². The maximum Gasteiger partial charge on any atom is 0.278 e. The quantitative estimate of drug-likeness (QED) is 0.451. The molecule has 112 valence electrons. The van der Waals surface area contributed by atoms with E-state index >= 15 is 0 Å². The summed E-state index contributed by atoms with van der Waals surface area (Å²) in [5, 5.41) is 33.1. The third-order valence-electron chi connectivity index (χ3n) is 2.73. The molecule has 3 N–H and O–H groups in total. The maximum absolute atomic E-state index is 11.8. The van der Waals surface area contributed by atoms with Crippen LogP contribution in [0.15, 0.2) is 47.6 Å². The van der Waals surface area contributed by atoms with Crippen LogP contribution in [-0.2, 0) is 0 Å². The molecule has 2 aromatic carbocycles. The average molecular weight is 301 g/mol. The predicted molar refractivity (Wildman–Crippen MR) is 77.9 cm³/mol. The lowest BCUT2D eigenvalue weighted by atomic mass is 10.2. The second kappa shape index (κ2) is 6.35. The number of aromatic hydroxyl groups is 2. The summed E-state index contributed by atoms with van der Waals surface area (Å²) >= 11 is 0. The standard InChI is InChI=1S/C14H11N3O5/c18-10-5-6-11(13(19)7-10)14(20)16-15-8-9-3-1-2-4-12(9)17(21)22/h1-8,18-19H,(H,16,20)/b15-8-. The SMILES string of the molecule is O=C(N/N=C\c1ccccc1[N+](=O)[O-])c1ccc(O)cc1O. The van der Waals surface area contributed by atoms with Gasteiger partial charge in [-0.1, -0.05) is 12.1 Å². The lowest BCUT2D eigenvalue weighted by molar-refractivity contribution is -0.385. The largest absolute Gasteiger partial charge is 0.508 e. The van der Waals surface area contributed by atoms with Gasteiger partial charge in [-0.15, -0.1) is 0 Å². The summed E-state index contributed by atoms with van der Waals surface area (Å²) in [7, 11) is 0. The molecule has 0 aliphatic rings. The van der Waals surface area contributed by atoms with Crippen LogP contribution < -0.4 is 5.43 Å². The van der Waals surface area contributed by atoms with E-state index < -0.39 is 16.6 Å². The third kappa shape index (κ3) is 3.37. The zero-order valence-corrected chi connectivity index (χ0v) is 11.1. The van der Waals surface area contributed by atoms with Gasteiger partial charge in [-0.25, -0.2) is 5.43 Å². The number of hydrogen-bond donors (Lipinski definition) is 3. The molecule has 2 aromatic rings. The Morgan fingerprint density at radius 2 is 1.95 bits per heavy atom. The highest BCUT2D eigenvalue weighted by Crippen LogP contribution is 2.22. The number of phenolic OH excluding ortho intramolecular Hbond substituents is 2. The molecule has 0 aliphatic heterocycles. The minimum atomic E-state index is -0.715. The molecule has 1 amide bonds. The number of nitro groups is 1. The van der Waals surface area contributed by atoms with Crippen molar-refractivity contribution in [3.05, 3.63) is 63.7 Å². The van der Waals surface area contributed by atoms with Gasteiger partial charge in [0.05, 0.1) is 22.3 Å². The van der Waals surface area contributed by atoms with Gasteiger partial charge >= 0.3 is 0 Å². The molecule has 22 heavy (non-hydrogen) atoms. The van der Waals surface area contributed by atoms with Crippen molar-refractivity contribution in [2.24, 2.45) is 5.10 Å². The monoisotopic (exact) mass is 301 g/mol. The third-order valence-corrected chi connectivity index (χ3v) is 2.73. The van der Waals surface area contributed by atoms with E-state index in [0.29, 0.717) is 0 Å². The summed E-state index contributed by atoms with van der Waals surface area (Å²) < 4.78 is 0. The second-order valence-electron chi connectivity index (χ2n) is 4.22. The van der Waals surface area contributed by atoms with E-state index in [-0.39, 0.29) is 22.6 Å². The van der Waals surface area contributed by atoms with Crippen LogP contribution in [0.1, 0.15) is 15.9 Å². The van der Waals surface area contributed by atoms with Crippen molar-refractivity contribution in [1.82, 2.24) is 5.43 Å². The highest BCUT2D eigenvalue weighted by molar-refractivity contribution is 5.97. The van der Waals surface area contributed by atoms with Crippen molar-refractivity contribution in [3.63, 3.8) is 0 Å². The molecule has 0 aromatic heterocycles. The van der Waals surface area contributed by atoms with Crippen molar-refractivity contribution >= 4 is 17.8 Å². The van der Waals surface area contributed by atoms with Crippen LogP contribution in [0.5, 0.6) is 11.5 Å². The van der Waals surface area contributed by atoms with Gasteiger partial charge in [-0.05, 0) is 18.2 Å². The first-order valence-corrected chi connectivity index (χ1v) is 6.08. The van der Waals surface area contributed by atoms with Crippen molar-refractivity contribution < 1.29 is 19.9 Å². The number of nitrogens with one attached hydrogen (secondary N) is 1. The normalized spacial score (nSPS) is 10.5. The number of amides is 1. The fourth-order valence-corrected chi connectivity index (χ4v) is 1.70. The van der Waals surface area contributed by atoms with Gasteiger partial charge in [0, 0.05) is 12.1 Å². The number of phenols is 2. The minimum absolute atomic E-state index is 0.0856. The van der Waals surface area contributed by atoms with E-state index in [0.717, 1.165) is 12.3 Å². The van der Waals surface area contributed by atoms with Crippen molar-refractivity contribution in [3.8, 4) is 11.5 Å². The number of nitrogens with zero attached hydrogens (tertiary/aromatic N) is 2. The number of carbonyl (C=O) groups excluding carboxylic acids is 1. The van der Waals surface area contributed by atoms with Crippen LogP contribution in [-0.4, -0.2) is 27.3 Å². The van der Waals surface area contributed by atoms with Gasteiger partial charge in [-0.3, -0.25) is 14.9 Å². The Balaban J connectivity index is 2.13. The molecule has 0 aliphatic carbocycles. The average Bonchev–Trinajstić information content (AvgIpc) is 2.47. The lowest BCUT2D eigenvalue weighted by Gasteiger charge is -2.03. The Labute approximate surface area is 124 Å². The second-order valence-corrected chi connectivity index (χ2v) is 4.22. The molecule has 8 heteroatoms. The molecule has 0 atom stereocenters. The van der Waals surface area contributed by atoms with Crippen LogP contribution in [0.2, 0.25) is 0 Å². The number of benzene rings is 2. The topological polar surface area (TPSA) is 125 Å². The van der Waals surface area contributed by atoms with E-state index in [9.17, 15) is 20.0 Å². The van der Waals surface area contributed by atoms with E-state index in [4.69, 9.17) is 5.11 Å². The molecule has 0 bridgehead atoms.